The molecule has 0 bridgehead atoms. The van der Waals surface area contributed by atoms with Crippen molar-refractivity contribution < 1.29 is 8.42 Å². The molecule has 0 saturated carbocycles. The number of rotatable bonds is 5. The Labute approximate surface area is 121 Å². The maximum absolute atomic E-state index is 11.7. The number of benzene rings is 1. The fourth-order valence-corrected chi connectivity index (χ4v) is 3.37. The molecule has 5 nitrogen and oxygen atoms in total. The summed E-state index contributed by atoms with van der Waals surface area (Å²) in [5.74, 6) is 0.750. The van der Waals surface area contributed by atoms with Crippen molar-refractivity contribution in [2.75, 3.05) is 38.6 Å². The number of nitrogens with one attached hydrogen (secondary N) is 2. The van der Waals surface area contributed by atoms with Gasteiger partial charge in [0.25, 0.3) is 0 Å². The van der Waals surface area contributed by atoms with Crippen LogP contribution in [0.4, 0.5) is 5.69 Å². The fraction of sp³-hybridized carbons (Fsp3) is 0.571. The Morgan fingerprint density at radius 1 is 1.15 bits per heavy atom. The molecule has 1 aliphatic heterocycles. The Morgan fingerprint density at radius 2 is 1.75 bits per heavy atom. The molecule has 1 aromatic rings. The summed E-state index contributed by atoms with van der Waals surface area (Å²) in [6, 6.07) is 7.12. The summed E-state index contributed by atoms with van der Waals surface area (Å²) < 4.78 is 25.7. The van der Waals surface area contributed by atoms with Gasteiger partial charge in [0.1, 0.15) is 0 Å². The predicted molar refractivity (Wildman–Crippen MR) is 81.6 cm³/mol. The van der Waals surface area contributed by atoms with E-state index >= 15 is 0 Å². The van der Waals surface area contributed by atoms with Gasteiger partial charge in [0.15, 0.2) is 0 Å². The van der Waals surface area contributed by atoms with Crippen molar-refractivity contribution in [2.45, 2.75) is 17.7 Å². The zero-order valence-electron chi connectivity index (χ0n) is 12.1. The minimum atomic E-state index is -3.34. The summed E-state index contributed by atoms with van der Waals surface area (Å²) in [4.78, 5) is 2.64. The van der Waals surface area contributed by atoms with E-state index in [0.717, 1.165) is 31.2 Å². The molecule has 2 N–H and O–H groups in total. The number of anilines is 1. The lowest BCUT2D eigenvalue weighted by atomic mass is 9.96. The molecular formula is C14H23N3O2S. The largest absolute Gasteiger partial charge is 0.372 e. The maximum Gasteiger partial charge on any atom is 0.240 e. The number of piperidine rings is 1. The van der Waals surface area contributed by atoms with Crippen LogP contribution in [0.3, 0.4) is 0 Å². The van der Waals surface area contributed by atoms with Crippen LogP contribution in [0.5, 0.6) is 0 Å². The van der Waals surface area contributed by atoms with E-state index in [1.54, 1.807) is 12.1 Å². The SMILES string of the molecule is CNCC1CCN(c2ccc(S(=O)(=O)NC)cc2)CC1. The third-order valence-corrected chi connectivity index (χ3v) is 5.32. The van der Waals surface area contributed by atoms with Crippen LogP contribution in [0.2, 0.25) is 0 Å². The van der Waals surface area contributed by atoms with Crippen molar-refractivity contribution in [2.24, 2.45) is 5.92 Å². The zero-order chi connectivity index (χ0) is 14.6. The fourth-order valence-electron chi connectivity index (χ4n) is 2.64. The third kappa shape index (κ3) is 3.50. The zero-order valence-corrected chi connectivity index (χ0v) is 12.9. The van der Waals surface area contributed by atoms with Gasteiger partial charge in [0, 0.05) is 18.8 Å². The second kappa shape index (κ2) is 6.56. The Balaban J connectivity index is 2.01. The Hall–Kier alpha value is -1.11. The predicted octanol–water partition coefficient (Wildman–Crippen LogP) is 1.03. The van der Waals surface area contributed by atoms with Crippen molar-refractivity contribution in [1.82, 2.24) is 10.0 Å². The van der Waals surface area contributed by atoms with Crippen molar-refractivity contribution in [3.05, 3.63) is 24.3 Å². The molecule has 2 rings (SSSR count). The first-order valence-electron chi connectivity index (χ1n) is 7.00. The van der Waals surface area contributed by atoms with Gasteiger partial charge < -0.3 is 10.2 Å². The van der Waals surface area contributed by atoms with Crippen LogP contribution < -0.4 is 14.9 Å². The van der Waals surface area contributed by atoms with Gasteiger partial charge in [-0.15, -0.1) is 0 Å². The second-order valence-electron chi connectivity index (χ2n) is 5.19. The van der Waals surface area contributed by atoms with E-state index in [9.17, 15) is 8.42 Å². The van der Waals surface area contributed by atoms with E-state index in [0.29, 0.717) is 4.90 Å². The van der Waals surface area contributed by atoms with Gasteiger partial charge in [-0.2, -0.15) is 0 Å². The van der Waals surface area contributed by atoms with Gasteiger partial charge in [-0.3, -0.25) is 0 Å². The standard InChI is InChI=1S/C14H23N3O2S/c1-15-11-12-7-9-17(10-8-12)13-3-5-14(6-4-13)20(18,19)16-2/h3-6,12,15-16H,7-11H2,1-2H3. The van der Waals surface area contributed by atoms with E-state index in [4.69, 9.17) is 0 Å². The van der Waals surface area contributed by atoms with Gasteiger partial charge in [-0.25, -0.2) is 13.1 Å². The van der Waals surface area contributed by atoms with Crippen molar-refractivity contribution in [1.29, 1.82) is 0 Å². The molecule has 0 unspecified atom stereocenters. The molecule has 1 saturated heterocycles. The maximum atomic E-state index is 11.7. The lowest BCUT2D eigenvalue weighted by Crippen LogP contribution is -2.36. The molecule has 1 heterocycles. The molecule has 0 aliphatic carbocycles. The van der Waals surface area contributed by atoms with Crippen LogP contribution in [-0.2, 0) is 10.0 Å². The monoisotopic (exact) mass is 297 g/mol. The Kier molecular flexibility index (Phi) is 5.01. The van der Waals surface area contributed by atoms with Crippen LogP contribution in [0.1, 0.15) is 12.8 Å². The molecule has 0 spiro atoms. The molecule has 112 valence electrons. The summed E-state index contributed by atoms with van der Waals surface area (Å²) in [6.07, 6.45) is 2.36. The van der Waals surface area contributed by atoms with Crippen molar-refractivity contribution in [3.8, 4) is 0 Å². The first kappa shape index (κ1) is 15.3. The van der Waals surface area contributed by atoms with Gasteiger partial charge in [0.2, 0.25) is 10.0 Å². The van der Waals surface area contributed by atoms with Crippen molar-refractivity contribution >= 4 is 15.7 Å². The highest BCUT2D eigenvalue weighted by atomic mass is 32.2. The number of nitrogens with zero attached hydrogens (tertiary/aromatic N) is 1. The summed E-state index contributed by atoms with van der Waals surface area (Å²) in [6.45, 7) is 3.14. The Morgan fingerprint density at radius 3 is 2.25 bits per heavy atom. The molecule has 1 fully saturated rings. The second-order valence-corrected chi connectivity index (χ2v) is 7.08. The molecule has 0 atom stereocenters. The minimum absolute atomic E-state index is 0.314. The van der Waals surface area contributed by atoms with Gasteiger partial charge >= 0.3 is 0 Å². The lowest BCUT2D eigenvalue weighted by Gasteiger charge is -2.33. The van der Waals surface area contributed by atoms with Gasteiger partial charge in [-0.1, -0.05) is 0 Å². The number of hydrogen-bond donors (Lipinski definition) is 2. The highest BCUT2D eigenvalue weighted by Crippen LogP contribution is 2.24. The topological polar surface area (TPSA) is 61.4 Å². The van der Waals surface area contributed by atoms with Crippen molar-refractivity contribution in [3.63, 3.8) is 0 Å². The number of hydrogen-bond acceptors (Lipinski definition) is 4. The van der Waals surface area contributed by atoms with Gasteiger partial charge in [0.05, 0.1) is 4.90 Å². The average Bonchev–Trinajstić information content (AvgIpc) is 2.48. The van der Waals surface area contributed by atoms with Crippen LogP contribution >= 0.6 is 0 Å². The average molecular weight is 297 g/mol. The smallest absolute Gasteiger partial charge is 0.240 e. The van der Waals surface area contributed by atoms with Crippen LogP contribution in [0.25, 0.3) is 0 Å². The highest BCUT2D eigenvalue weighted by Gasteiger charge is 2.19. The first-order chi connectivity index (χ1) is 9.56. The van der Waals surface area contributed by atoms with Crippen LogP contribution in [-0.4, -0.2) is 42.1 Å². The van der Waals surface area contributed by atoms with E-state index in [1.165, 1.54) is 19.9 Å². The summed E-state index contributed by atoms with van der Waals surface area (Å²) in [5, 5.41) is 3.23. The summed E-state index contributed by atoms with van der Waals surface area (Å²) in [5.41, 5.74) is 1.10. The quantitative estimate of drug-likeness (QED) is 0.852. The third-order valence-electron chi connectivity index (χ3n) is 3.89. The number of sulfonamides is 1. The Bertz CT molecular complexity index is 520. The normalized spacial score (nSPS) is 17.4. The van der Waals surface area contributed by atoms with E-state index in [2.05, 4.69) is 14.9 Å². The molecule has 6 heteroatoms. The summed E-state index contributed by atoms with van der Waals surface area (Å²) in [7, 11) is 0.0812. The lowest BCUT2D eigenvalue weighted by molar-refractivity contribution is 0.393. The minimum Gasteiger partial charge on any atom is -0.372 e. The molecule has 0 aromatic heterocycles. The molecular weight excluding hydrogens is 274 g/mol. The molecule has 20 heavy (non-hydrogen) atoms. The molecule has 0 radical (unpaired) electrons. The first-order valence-corrected chi connectivity index (χ1v) is 8.48. The van der Waals surface area contributed by atoms with E-state index in [-0.39, 0.29) is 0 Å². The van der Waals surface area contributed by atoms with Crippen LogP contribution in [0.15, 0.2) is 29.2 Å². The highest BCUT2D eigenvalue weighted by molar-refractivity contribution is 7.89. The summed E-state index contributed by atoms with van der Waals surface area (Å²) >= 11 is 0. The molecule has 1 aliphatic rings. The van der Waals surface area contributed by atoms with Gasteiger partial charge in [-0.05, 0) is 63.7 Å². The molecule has 1 aromatic carbocycles. The van der Waals surface area contributed by atoms with Crippen LogP contribution in [0, 0.1) is 5.92 Å². The molecule has 0 amide bonds. The van der Waals surface area contributed by atoms with E-state index < -0.39 is 10.0 Å². The van der Waals surface area contributed by atoms with E-state index in [1.807, 2.05) is 19.2 Å².